The van der Waals surface area contributed by atoms with Crippen LogP contribution in [0.3, 0.4) is 0 Å². The molecular weight excluding hydrogens is 392 g/mol. The number of nitrogens with zero attached hydrogens (tertiary/aromatic N) is 2. The Bertz CT molecular complexity index is 1180. The third-order valence-corrected chi connectivity index (χ3v) is 4.68. The van der Waals surface area contributed by atoms with E-state index >= 15 is 0 Å². The summed E-state index contributed by atoms with van der Waals surface area (Å²) in [6.45, 7) is 1.74. The fourth-order valence-electron chi connectivity index (χ4n) is 2.97. The molecule has 29 heavy (non-hydrogen) atoms. The van der Waals surface area contributed by atoms with E-state index < -0.39 is 5.97 Å². The molecule has 1 amide bonds. The molecule has 0 N–H and O–H groups in total. The van der Waals surface area contributed by atoms with Gasteiger partial charge in [-0.2, -0.15) is 10.1 Å². The van der Waals surface area contributed by atoms with Crippen LogP contribution in [0.4, 0.5) is 5.69 Å². The van der Waals surface area contributed by atoms with Crippen molar-refractivity contribution in [1.82, 2.24) is 0 Å². The van der Waals surface area contributed by atoms with Gasteiger partial charge in [0.1, 0.15) is 11.5 Å². The van der Waals surface area contributed by atoms with Crippen LogP contribution in [0.5, 0.6) is 0 Å². The summed E-state index contributed by atoms with van der Waals surface area (Å²) < 4.78 is 5.79. The van der Waals surface area contributed by atoms with Crippen molar-refractivity contribution in [1.29, 1.82) is 0 Å². The van der Waals surface area contributed by atoms with Crippen LogP contribution in [0.15, 0.2) is 75.8 Å². The number of amides is 1. The quantitative estimate of drug-likeness (QED) is 0.618. The molecule has 3 aromatic rings. The lowest BCUT2D eigenvalue weighted by Crippen LogP contribution is -2.22. The average molecular weight is 406 g/mol. The van der Waals surface area contributed by atoms with E-state index in [1.807, 2.05) is 0 Å². The molecule has 1 aliphatic heterocycles. The Balaban J connectivity index is 1.61. The van der Waals surface area contributed by atoms with Crippen molar-refractivity contribution < 1.29 is 19.1 Å². The monoisotopic (exact) mass is 405 g/mol. The van der Waals surface area contributed by atoms with E-state index in [-0.39, 0.29) is 11.5 Å². The second-order valence-corrected chi connectivity index (χ2v) is 6.84. The molecule has 7 heteroatoms. The number of aromatic carboxylic acids is 1. The molecule has 2 heterocycles. The number of hydrazone groups is 1. The van der Waals surface area contributed by atoms with Crippen molar-refractivity contribution in [3.63, 3.8) is 0 Å². The van der Waals surface area contributed by atoms with Gasteiger partial charge < -0.3 is 14.3 Å². The highest BCUT2D eigenvalue weighted by molar-refractivity contribution is 6.32. The van der Waals surface area contributed by atoms with Gasteiger partial charge in [-0.05, 0) is 61.0 Å². The topological polar surface area (TPSA) is 85.9 Å². The first kappa shape index (κ1) is 18.7. The zero-order valence-corrected chi connectivity index (χ0v) is 16.0. The number of carboxylic acids is 1. The Morgan fingerprint density at radius 1 is 1.14 bits per heavy atom. The number of benzene rings is 2. The van der Waals surface area contributed by atoms with Gasteiger partial charge in [-0.1, -0.05) is 29.8 Å². The summed E-state index contributed by atoms with van der Waals surface area (Å²) in [7, 11) is 0. The number of hydrogen-bond acceptors (Lipinski definition) is 5. The normalized spacial score (nSPS) is 15.1. The number of halogens is 1. The molecule has 0 unspecified atom stereocenters. The molecule has 0 radical (unpaired) electrons. The number of anilines is 1. The van der Waals surface area contributed by atoms with Crippen molar-refractivity contribution >= 4 is 41.0 Å². The van der Waals surface area contributed by atoms with Gasteiger partial charge in [-0.3, -0.25) is 4.79 Å². The predicted octanol–water partition coefficient (Wildman–Crippen LogP) is 3.77. The summed E-state index contributed by atoms with van der Waals surface area (Å²) in [6.07, 6.45) is 1.61. The molecule has 0 atom stereocenters. The second kappa shape index (κ2) is 7.41. The van der Waals surface area contributed by atoms with E-state index in [0.717, 1.165) is 0 Å². The molecule has 0 saturated carbocycles. The lowest BCUT2D eigenvalue weighted by molar-refractivity contribution is -0.255. The summed E-state index contributed by atoms with van der Waals surface area (Å²) >= 11 is 5.90. The van der Waals surface area contributed by atoms with E-state index in [2.05, 4.69) is 5.10 Å². The number of carbonyl (C=O) groups is 2. The number of carboxylic acid groups (broad SMARTS) is 1. The molecule has 0 aliphatic carbocycles. The fraction of sp³-hybridized carbons (Fsp3) is 0.0455. The number of carbonyl (C=O) groups excluding carboxylic acids is 2. The maximum absolute atomic E-state index is 12.8. The lowest BCUT2D eigenvalue weighted by Gasteiger charge is -2.11. The lowest BCUT2D eigenvalue weighted by atomic mass is 10.1. The highest BCUT2D eigenvalue weighted by Gasteiger charge is 2.29. The Morgan fingerprint density at radius 2 is 1.90 bits per heavy atom. The molecule has 6 nitrogen and oxygen atoms in total. The minimum atomic E-state index is -1.26. The van der Waals surface area contributed by atoms with Gasteiger partial charge in [0.15, 0.2) is 0 Å². The first-order chi connectivity index (χ1) is 13.9. The van der Waals surface area contributed by atoms with Gasteiger partial charge in [0.25, 0.3) is 5.91 Å². The number of furan rings is 1. The van der Waals surface area contributed by atoms with Gasteiger partial charge in [0, 0.05) is 10.6 Å². The van der Waals surface area contributed by atoms with Crippen LogP contribution in [-0.2, 0) is 4.79 Å². The van der Waals surface area contributed by atoms with E-state index in [4.69, 9.17) is 16.0 Å². The largest absolute Gasteiger partial charge is 0.545 e. The Hall–Kier alpha value is -3.64. The van der Waals surface area contributed by atoms with Gasteiger partial charge in [0.05, 0.1) is 22.9 Å². The van der Waals surface area contributed by atoms with E-state index in [0.29, 0.717) is 39.1 Å². The Morgan fingerprint density at radius 3 is 2.62 bits per heavy atom. The number of rotatable bonds is 4. The van der Waals surface area contributed by atoms with Gasteiger partial charge in [0.2, 0.25) is 0 Å². The highest BCUT2D eigenvalue weighted by Crippen LogP contribution is 2.28. The van der Waals surface area contributed by atoms with Crippen molar-refractivity contribution in [3.8, 4) is 11.3 Å². The molecule has 0 spiro atoms. The maximum atomic E-state index is 12.8. The smallest absolute Gasteiger partial charge is 0.280 e. The minimum absolute atomic E-state index is 0.0614. The first-order valence-corrected chi connectivity index (χ1v) is 9.09. The van der Waals surface area contributed by atoms with Gasteiger partial charge in [-0.15, -0.1) is 0 Å². The van der Waals surface area contributed by atoms with E-state index in [1.165, 1.54) is 17.1 Å². The third kappa shape index (κ3) is 3.70. The third-order valence-electron chi connectivity index (χ3n) is 4.43. The summed E-state index contributed by atoms with van der Waals surface area (Å²) in [5.41, 5.74) is 2.24. The van der Waals surface area contributed by atoms with Crippen LogP contribution in [0.1, 0.15) is 23.0 Å². The van der Waals surface area contributed by atoms with Crippen LogP contribution >= 0.6 is 11.6 Å². The maximum Gasteiger partial charge on any atom is 0.280 e. The van der Waals surface area contributed by atoms with Gasteiger partial charge >= 0.3 is 0 Å². The zero-order chi connectivity index (χ0) is 20.5. The van der Waals surface area contributed by atoms with Crippen LogP contribution in [0.25, 0.3) is 17.4 Å². The molecule has 144 valence electrons. The molecular formula is C22H14ClN2O4-. The summed E-state index contributed by atoms with van der Waals surface area (Å²) in [6, 6.07) is 16.5. The molecule has 0 saturated heterocycles. The summed E-state index contributed by atoms with van der Waals surface area (Å²) in [4.78, 5) is 23.8. The van der Waals surface area contributed by atoms with E-state index in [1.54, 1.807) is 61.5 Å². The second-order valence-electron chi connectivity index (χ2n) is 6.41. The van der Waals surface area contributed by atoms with Gasteiger partial charge in [-0.25, -0.2) is 0 Å². The minimum Gasteiger partial charge on any atom is -0.545 e. The van der Waals surface area contributed by atoms with E-state index in [9.17, 15) is 14.7 Å². The molecule has 0 bridgehead atoms. The molecule has 4 rings (SSSR count). The first-order valence-electron chi connectivity index (χ1n) is 8.71. The molecule has 1 aromatic heterocycles. The van der Waals surface area contributed by atoms with Crippen molar-refractivity contribution in [2.45, 2.75) is 6.92 Å². The molecule has 2 aromatic carbocycles. The summed E-state index contributed by atoms with van der Waals surface area (Å²) in [5, 5.41) is 17.2. The Kier molecular flexibility index (Phi) is 4.78. The highest BCUT2D eigenvalue weighted by atomic mass is 35.5. The fourth-order valence-corrected chi connectivity index (χ4v) is 3.09. The van der Waals surface area contributed by atoms with Crippen LogP contribution in [0, 0.1) is 0 Å². The van der Waals surface area contributed by atoms with Crippen LogP contribution < -0.4 is 10.1 Å². The molecule has 0 fully saturated rings. The predicted molar refractivity (Wildman–Crippen MR) is 108 cm³/mol. The average Bonchev–Trinajstić information content (AvgIpc) is 3.29. The van der Waals surface area contributed by atoms with Crippen molar-refractivity contribution in [2.75, 3.05) is 5.01 Å². The Labute approximate surface area is 171 Å². The SMILES string of the molecule is CC1=NN(c2ccc(Cl)cc2)C(=O)/C1=C/c1ccc(-c2cccc(C(=O)[O-])c2)o1. The van der Waals surface area contributed by atoms with Crippen molar-refractivity contribution in [2.24, 2.45) is 5.10 Å². The van der Waals surface area contributed by atoms with Crippen LogP contribution in [0.2, 0.25) is 5.02 Å². The number of hydrogen-bond donors (Lipinski definition) is 0. The zero-order valence-electron chi connectivity index (χ0n) is 15.3. The summed E-state index contributed by atoms with van der Waals surface area (Å²) in [5.74, 6) is -0.600. The van der Waals surface area contributed by atoms with Crippen LogP contribution in [-0.4, -0.2) is 17.6 Å². The standard InChI is InChI=1S/C22H15ClN2O4/c1-13-19(21(26)25(24-13)17-7-5-16(23)6-8-17)12-18-9-10-20(29-18)14-3-2-4-15(11-14)22(27)28/h2-12H,1H3,(H,27,28)/p-1/b19-12+. The van der Waals surface area contributed by atoms with Crippen molar-refractivity contribution in [3.05, 3.63) is 82.6 Å². The molecule has 1 aliphatic rings.